The van der Waals surface area contributed by atoms with Gasteiger partial charge in [-0.05, 0) is 6.92 Å². The first kappa shape index (κ1) is 14.0. The lowest BCUT2D eigenvalue weighted by Crippen LogP contribution is -2.08. The van der Waals surface area contributed by atoms with E-state index in [1.165, 1.54) is 13.0 Å². The summed E-state index contributed by atoms with van der Waals surface area (Å²) < 4.78 is 65.7. The summed E-state index contributed by atoms with van der Waals surface area (Å²) in [6.45, 7) is 1.52. The van der Waals surface area contributed by atoms with Crippen molar-refractivity contribution in [2.75, 3.05) is 11.1 Å². The molecular weight excluding hydrogens is 283 g/mol. The van der Waals surface area contributed by atoms with Crippen molar-refractivity contribution in [3.05, 3.63) is 40.8 Å². The summed E-state index contributed by atoms with van der Waals surface area (Å²) in [7, 11) is 0. The molecule has 9 heteroatoms. The van der Waals surface area contributed by atoms with Crippen LogP contribution in [0.25, 0.3) is 0 Å². The highest BCUT2D eigenvalue weighted by Crippen LogP contribution is 2.29. The molecule has 0 atom stereocenters. The van der Waals surface area contributed by atoms with Crippen LogP contribution in [0.15, 0.2) is 6.07 Å². The van der Waals surface area contributed by atoms with Crippen LogP contribution < -0.4 is 11.1 Å². The predicted molar refractivity (Wildman–Crippen MR) is 60.7 cm³/mol. The Balaban J connectivity index is 2.54. The molecule has 0 saturated heterocycles. The van der Waals surface area contributed by atoms with Crippen LogP contribution in [0.3, 0.4) is 0 Å². The number of anilines is 3. The molecule has 106 valence electrons. The van der Waals surface area contributed by atoms with Crippen molar-refractivity contribution < 1.29 is 22.0 Å². The van der Waals surface area contributed by atoms with Gasteiger partial charge < -0.3 is 11.1 Å². The number of nitrogens with one attached hydrogen (secondary N) is 1. The van der Waals surface area contributed by atoms with Crippen molar-refractivity contribution in [2.45, 2.75) is 6.92 Å². The summed E-state index contributed by atoms with van der Waals surface area (Å²) in [5.74, 6) is -10.7. The Bertz CT molecular complexity index is 640. The van der Waals surface area contributed by atoms with Gasteiger partial charge in [0.25, 0.3) is 0 Å². The standard InChI is InChI=1S/C11H7F5N4/c1-3-2-4(20-11(17)18-3)19-10-8(15)6(13)5(12)7(14)9(10)16/h2H,1H3,(H3,17,18,19,20). The van der Waals surface area contributed by atoms with Gasteiger partial charge >= 0.3 is 0 Å². The summed E-state index contributed by atoms with van der Waals surface area (Å²) in [5, 5.41) is 2.00. The lowest BCUT2D eigenvalue weighted by Gasteiger charge is -2.10. The molecule has 1 heterocycles. The molecule has 0 spiro atoms. The second kappa shape index (κ2) is 4.91. The Morgan fingerprint density at radius 1 is 0.900 bits per heavy atom. The van der Waals surface area contributed by atoms with Gasteiger partial charge in [-0.3, -0.25) is 0 Å². The van der Waals surface area contributed by atoms with Crippen LogP contribution in [0.2, 0.25) is 0 Å². The maximum Gasteiger partial charge on any atom is 0.222 e. The van der Waals surface area contributed by atoms with Crippen LogP contribution >= 0.6 is 0 Å². The Labute approximate surface area is 109 Å². The lowest BCUT2D eigenvalue weighted by atomic mass is 10.2. The van der Waals surface area contributed by atoms with Gasteiger partial charge in [0.1, 0.15) is 11.5 Å². The number of halogens is 5. The van der Waals surface area contributed by atoms with Crippen LogP contribution in [0, 0.1) is 36.0 Å². The number of hydrogen-bond acceptors (Lipinski definition) is 4. The predicted octanol–water partition coefficient (Wildman–Crippen LogP) is 2.81. The van der Waals surface area contributed by atoms with Crippen LogP contribution in [0.5, 0.6) is 0 Å². The molecule has 0 aliphatic heterocycles. The first-order valence-corrected chi connectivity index (χ1v) is 5.21. The zero-order valence-corrected chi connectivity index (χ0v) is 9.94. The van der Waals surface area contributed by atoms with E-state index in [1.54, 1.807) is 0 Å². The van der Waals surface area contributed by atoms with E-state index in [0.717, 1.165) is 0 Å². The van der Waals surface area contributed by atoms with E-state index in [9.17, 15) is 22.0 Å². The Morgan fingerprint density at radius 2 is 1.40 bits per heavy atom. The minimum absolute atomic E-state index is 0.196. The minimum Gasteiger partial charge on any atom is -0.368 e. The fourth-order valence-corrected chi connectivity index (χ4v) is 1.50. The molecule has 2 aromatic rings. The number of aryl methyl sites for hydroxylation is 1. The molecule has 0 radical (unpaired) electrons. The quantitative estimate of drug-likeness (QED) is 0.507. The van der Waals surface area contributed by atoms with Crippen molar-refractivity contribution in [2.24, 2.45) is 0 Å². The SMILES string of the molecule is Cc1cc(Nc2c(F)c(F)c(F)c(F)c2F)nc(N)n1. The van der Waals surface area contributed by atoms with Gasteiger partial charge in [0.15, 0.2) is 23.3 Å². The Morgan fingerprint density at radius 3 is 1.90 bits per heavy atom. The molecule has 4 nitrogen and oxygen atoms in total. The molecule has 0 aliphatic carbocycles. The second-order valence-corrected chi connectivity index (χ2v) is 3.82. The third-order valence-corrected chi connectivity index (χ3v) is 2.33. The highest BCUT2D eigenvalue weighted by molar-refractivity contribution is 5.59. The molecule has 0 bridgehead atoms. The number of aromatic nitrogens is 2. The first-order chi connectivity index (χ1) is 9.31. The summed E-state index contributed by atoms with van der Waals surface area (Å²) in [4.78, 5) is 7.28. The maximum atomic E-state index is 13.4. The van der Waals surface area contributed by atoms with Gasteiger partial charge in [-0.25, -0.2) is 26.9 Å². The first-order valence-electron chi connectivity index (χ1n) is 5.21. The molecule has 20 heavy (non-hydrogen) atoms. The summed E-state index contributed by atoms with van der Waals surface area (Å²) in [5.41, 5.74) is 4.46. The minimum atomic E-state index is -2.23. The van der Waals surface area contributed by atoms with Crippen LogP contribution in [-0.4, -0.2) is 9.97 Å². The van der Waals surface area contributed by atoms with Gasteiger partial charge in [0.2, 0.25) is 11.8 Å². The molecule has 0 unspecified atom stereocenters. The van der Waals surface area contributed by atoms with E-state index in [0.29, 0.717) is 5.69 Å². The van der Waals surface area contributed by atoms with E-state index in [1.807, 2.05) is 5.32 Å². The van der Waals surface area contributed by atoms with Crippen LogP contribution in [0.4, 0.5) is 39.4 Å². The highest BCUT2D eigenvalue weighted by Gasteiger charge is 2.26. The Kier molecular flexibility index (Phi) is 3.43. The van der Waals surface area contributed by atoms with Crippen LogP contribution in [-0.2, 0) is 0 Å². The van der Waals surface area contributed by atoms with Crippen LogP contribution in [0.1, 0.15) is 5.69 Å². The van der Waals surface area contributed by atoms with Crippen molar-refractivity contribution in [1.29, 1.82) is 0 Å². The fraction of sp³-hybridized carbons (Fsp3) is 0.0909. The summed E-state index contributed by atoms with van der Waals surface area (Å²) >= 11 is 0. The molecular formula is C11H7F5N4. The molecule has 1 aromatic heterocycles. The Hall–Kier alpha value is -2.45. The lowest BCUT2D eigenvalue weighted by molar-refractivity contribution is 0.382. The van der Waals surface area contributed by atoms with E-state index in [4.69, 9.17) is 5.73 Å². The number of nitrogens with zero attached hydrogens (tertiary/aromatic N) is 2. The fourth-order valence-electron chi connectivity index (χ4n) is 1.50. The van der Waals surface area contributed by atoms with Crippen molar-refractivity contribution >= 4 is 17.5 Å². The third-order valence-electron chi connectivity index (χ3n) is 2.33. The van der Waals surface area contributed by atoms with Crippen molar-refractivity contribution in [3.63, 3.8) is 0 Å². The summed E-state index contributed by atoms with van der Waals surface area (Å²) in [6, 6.07) is 1.23. The van der Waals surface area contributed by atoms with Gasteiger partial charge in [-0.15, -0.1) is 0 Å². The summed E-state index contributed by atoms with van der Waals surface area (Å²) in [6.07, 6.45) is 0. The number of nitrogens with two attached hydrogens (primary N) is 1. The van der Waals surface area contributed by atoms with E-state index in [-0.39, 0.29) is 11.8 Å². The van der Waals surface area contributed by atoms with Crippen molar-refractivity contribution in [1.82, 2.24) is 9.97 Å². The topological polar surface area (TPSA) is 63.8 Å². The molecule has 1 aromatic carbocycles. The highest BCUT2D eigenvalue weighted by atomic mass is 19.2. The normalized spacial score (nSPS) is 10.7. The molecule has 3 N–H and O–H groups in total. The van der Waals surface area contributed by atoms with Gasteiger partial charge in [0.05, 0.1) is 0 Å². The van der Waals surface area contributed by atoms with Gasteiger partial charge in [-0.2, -0.15) is 4.98 Å². The zero-order valence-electron chi connectivity index (χ0n) is 9.94. The molecule has 2 rings (SSSR count). The molecule has 0 aliphatic rings. The number of nitrogen functional groups attached to an aromatic ring is 1. The van der Waals surface area contributed by atoms with E-state index in [2.05, 4.69) is 9.97 Å². The molecule has 0 fully saturated rings. The average molecular weight is 290 g/mol. The third kappa shape index (κ3) is 2.33. The van der Waals surface area contributed by atoms with Crippen molar-refractivity contribution in [3.8, 4) is 0 Å². The number of rotatable bonds is 2. The largest absolute Gasteiger partial charge is 0.368 e. The maximum absolute atomic E-state index is 13.4. The average Bonchev–Trinajstić information content (AvgIpc) is 2.38. The molecule has 0 amide bonds. The smallest absolute Gasteiger partial charge is 0.222 e. The van der Waals surface area contributed by atoms with Gasteiger partial charge in [-0.1, -0.05) is 0 Å². The van der Waals surface area contributed by atoms with E-state index >= 15 is 0 Å². The number of hydrogen-bond donors (Lipinski definition) is 2. The molecule has 0 saturated carbocycles. The zero-order chi connectivity index (χ0) is 15.0. The monoisotopic (exact) mass is 290 g/mol. The van der Waals surface area contributed by atoms with Gasteiger partial charge in [0, 0.05) is 11.8 Å². The number of benzene rings is 1. The van der Waals surface area contributed by atoms with E-state index < -0.39 is 34.8 Å². The second-order valence-electron chi connectivity index (χ2n) is 3.82.